The summed E-state index contributed by atoms with van der Waals surface area (Å²) < 4.78 is 43.1. The number of hydrogen-bond acceptors (Lipinski definition) is 6. The van der Waals surface area contributed by atoms with Gasteiger partial charge in [-0.1, -0.05) is 42.5 Å². The topological polar surface area (TPSA) is 94.2 Å². The molecule has 4 aromatic rings. The van der Waals surface area contributed by atoms with E-state index in [2.05, 4.69) is 5.32 Å². The molecule has 4 aromatic carbocycles. The summed E-state index contributed by atoms with van der Waals surface area (Å²) in [5.41, 5.74) is 2.78. The Morgan fingerprint density at radius 3 is 1.98 bits per heavy atom. The van der Waals surface area contributed by atoms with Crippen LogP contribution in [-0.2, 0) is 23.2 Å². The van der Waals surface area contributed by atoms with Gasteiger partial charge in [-0.2, -0.15) is 0 Å². The van der Waals surface area contributed by atoms with Crippen molar-refractivity contribution in [3.8, 4) is 17.2 Å². The molecule has 0 aliphatic rings. The minimum absolute atomic E-state index is 0.126. The molecule has 0 aliphatic heterocycles. The van der Waals surface area contributed by atoms with Gasteiger partial charge in [0.25, 0.3) is 5.91 Å². The van der Waals surface area contributed by atoms with E-state index < -0.39 is 10.0 Å². The molecular formula is C31H32N2O6S. The maximum atomic E-state index is 12.6. The molecule has 0 fully saturated rings. The van der Waals surface area contributed by atoms with Crippen LogP contribution >= 0.6 is 0 Å². The molecule has 40 heavy (non-hydrogen) atoms. The molecule has 0 bridgehead atoms. The third-order valence-electron chi connectivity index (χ3n) is 6.03. The number of amides is 1. The Morgan fingerprint density at radius 1 is 0.750 bits per heavy atom. The first-order valence-electron chi connectivity index (χ1n) is 12.7. The van der Waals surface area contributed by atoms with Crippen molar-refractivity contribution in [2.24, 2.45) is 0 Å². The van der Waals surface area contributed by atoms with E-state index in [1.165, 1.54) is 10.6 Å². The van der Waals surface area contributed by atoms with Crippen LogP contribution in [0.5, 0.6) is 17.2 Å². The molecule has 0 atom stereocenters. The number of ether oxygens (including phenoxy) is 3. The van der Waals surface area contributed by atoms with Gasteiger partial charge in [0.05, 0.1) is 32.1 Å². The van der Waals surface area contributed by atoms with Gasteiger partial charge in [0.2, 0.25) is 10.0 Å². The van der Waals surface area contributed by atoms with E-state index in [0.717, 1.165) is 16.9 Å². The molecule has 0 saturated heterocycles. The van der Waals surface area contributed by atoms with Crippen LogP contribution in [0.25, 0.3) is 0 Å². The molecule has 9 heteroatoms. The van der Waals surface area contributed by atoms with E-state index in [1.54, 1.807) is 79.9 Å². The Bertz CT molecular complexity index is 1470. The maximum absolute atomic E-state index is 12.6. The summed E-state index contributed by atoms with van der Waals surface area (Å²) in [7, 11) is -1.96. The van der Waals surface area contributed by atoms with Crippen LogP contribution in [0, 0.1) is 0 Å². The second-order valence-corrected chi connectivity index (χ2v) is 10.9. The standard InChI is InChI=1S/C31H32N2O6S/c1-37-28-16-18-29(19-17-28)38-21-20-32-31(34)26-10-8-24(9-11-26)22-33(40(2,35)36)27-12-14-30(15-13-27)39-23-25-6-4-3-5-7-25/h3-19H,20-23H2,1-2H3,(H,32,34). The Hall–Kier alpha value is -4.50. The van der Waals surface area contributed by atoms with Crippen molar-refractivity contribution in [3.63, 3.8) is 0 Å². The SMILES string of the molecule is COc1ccc(OCCNC(=O)c2ccc(CN(c3ccc(OCc4ccccc4)cc3)S(C)(=O)=O)cc2)cc1. The van der Waals surface area contributed by atoms with E-state index in [0.29, 0.717) is 42.5 Å². The highest BCUT2D eigenvalue weighted by atomic mass is 32.2. The monoisotopic (exact) mass is 560 g/mol. The Kier molecular flexibility index (Phi) is 9.64. The third-order valence-corrected chi connectivity index (χ3v) is 7.17. The molecule has 0 radical (unpaired) electrons. The largest absolute Gasteiger partial charge is 0.497 e. The van der Waals surface area contributed by atoms with Gasteiger partial charge in [-0.15, -0.1) is 0 Å². The highest BCUT2D eigenvalue weighted by Crippen LogP contribution is 2.24. The molecule has 0 heterocycles. The minimum Gasteiger partial charge on any atom is -0.497 e. The predicted octanol–water partition coefficient (Wildman–Crippen LogP) is 5.05. The smallest absolute Gasteiger partial charge is 0.251 e. The number of benzene rings is 4. The lowest BCUT2D eigenvalue weighted by Crippen LogP contribution is -2.29. The minimum atomic E-state index is -3.56. The number of methoxy groups -OCH3 is 1. The molecule has 1 amide bonds. The number of anilines is 1. The Balaban J connectivity index is 1.30. The molecule has 0 aliphatic carbocycles. The molecule has 4 rings (SSSR count). The van der Waals surface area contributed by atoms with Crippen LogP contribution in [-0.4, -0.2) is 40.8 Å². The zero-order chi connectivity index (χ0) is 28.4. The Morgan fingerprint density at radius 2 is 1.35 bits per heavy atom. The summed E-state index contributed by atoms with van der Waals surface area (Å²) in [6.07, 6.45) is 1.17. The van der Waals surface area contributed by atoms with E-state index >= 15 is 0 Å². The average Bonchev–Trinajstić information content (AvgIpc) is 2.98. The molecule has 0 unspecified atom stereocenters. The van der Waals surface area contributed by atoms with E-state index in [4.69, 9.17) is 14.2 Å². The molecule has 8 nitrogen and oxygen atoms in total. The Labute approximate surface area is 235 Å². The zero-order valence-corrected chi connectivity index (χ0v) is 23.3. The molecule has 0 aromatic heterocycles. The van der Waals surface area contributed by atoms with E-state index in [-0.39, 0.29) is 12.5 Å². The normalized spacial score (nSPS) is 10.9. The van der Waals surface area contributed by atoms with Gasteiger partial charge in [-0.05, 0) is 71.8 Å². The van der Waals surface area contributed by atoms with Crippen LogP contribution in [0.2, 0.25) is 0 Å². The first kappa shape index (κ1) is 28.5. The number of carbonyl (C=O) groups is 1. The lowest BCUT2D eigenvalue weighted by Gasteiger charge is -2.23. The number of sulfonamides is 1. The predicted molar refractivity (Wildman–Crippen MR) is 156 cm³/mol. The zero-order valence-electron chi connectivity index (χ0n) is 22.4. The van der Waals surface area contributed by atoms with Crippen LogP contribution in [0.3, 0.4) is 0 Å². The van der Waals surface area contributed by atoms with Crippen LogP contribution in [0.1, 0.15) is 21.5 Å². The van der Waals surface area contributed by atoms with Crippen LogP contribution < -0.4 is 23.8 Å². The lowest BCUT2D eigenvalue weighted by molar-refractivity contribution is 0.0947. The number of nitrogens with zero attached hydrogens (tertiary/aromatic N) is 1. The van der Waals surface area contributed by atoms with Crippen molar-refractivity contribution in [1.29, 1.82) is 0 Å². The van der Waals surface area contributed by atoms with Gasteiger partial charge in [0.15, 0.2) is 0 Å². The van der Waals surface area contributed by atoms with Gasteiger partial charge >= 0.3 is 0 Å². The maximum Gasteiger partial charge on any atom is 0.251 e. The van der Waals surface area contributed by atoms with Gasteiger partial charge < -0.3 is 19.5 Å². The van der Waals surface area contributed by atoms with E-state index in [1.807, 2.05) is 30.3 Å². The fourth-order valence-electron chi connectivity index (χ4n) is 3.88. The molecule has 0 spiro atoms. The summed E-state index contributed by atoms with van der Waals surface area (Å²) in [5.74, 6) is 1.83. The number of hydrogen-bond donors (Lipinski definition) is 1. The van der Waals surface area contributed by atoms with Crippen molar-refractivity contribution in [2.45, 2.75) is 13.2 Å². The number of nitrogens with one attached hydrogen (secondary N) is 1. The lowest BCUT2D eigenvalue weighted by atomic mass is 10.1. The van der Waals surface area contributed by atoms with Crippen molar-refractivity contribution in [2.75, 3.05) is 30.8 Å². The second-order valence-electron chi connectivity index (χ2n) is 9.01. The summed E-state index contributed by atoms with van der Waals surface area (Å²) in [5, 5.41) is 2.82. The number of rotatable bonds is 13. The first-order chi connectivity index (χ1) is 19.3. The molecule has 208 valence electrons. The van der Waals surface area contributed by atoms with Crippen molar-refractivity contribution in [1.82, 2.24) is 5.32 Å². The average molecular weight is 561 g/mol. The highest BCUT2D eigenvalue weighted by molar-refractivity contribution is 7.92. The molecular weight excluding hydrogens is 528 g/mol. The number of carbonyl (C=O) groups excluding carboxylic acids is 1. The highest BCUT2D eigenvalue weighted by Gasteiger charge is 2.18. The van der Waals surface area contributed by atoms with Gasteiger partial charge in [0, 0.05) is 5.56 Å². The van der Waals surface area contributed by atoms with Gasteiger partial charge in [0.1, 0.15) is 30.5 Å². The second kappa shape index (κ2) is 13.5. The van der Waals surface area contributed by atoms with E-state index in [9.17, 15) is 13.2 Å². The summed E-state index contributed by atoms with van der Waals surface area (Å²) in [4.78, 5) is 12.5. The first-order valence-corrected chi connectivity index (χ1v) is 14.5. The van der Waals surface area contributed by atoms with Gasteiger partial charge in [-0.25, -0.2) is 8.42 Å². The summed E-state index contributed by atoms with van der Waals surface area (Å²) in [6, 6.07) is 30.8. The van der Waals surface area contributed by atoms with Crippen molar-refractivity contribution >= 4 is 21.6 Å². The third kappa shape index (κ3) is 8.25. The molecule has 0 saturated carbocycles. The summed E-state index contributed by atoms with van der Waals surface area (Å²) >= 11 is 0. The van der Waals surface area contributed by atoms with Crippen molar-refractivity contribution in [3.05, 3.63) is 120 Å². The fraction of sp³-hybridized carbons (Fsp3) is 0.194. The van der Waals surface area contributed by atoms with Gasteiger partial charge in [-0.3, -0.25) is 9.10 Å². The quantitative estimate of drug-likeness (QED) is 0.230. The van der Waals surface area contributed by atoms with Crippen LogP contribution in [0.4, 0.5) is 5.69 Å². The van der Waals surface area contributed by atoms with Crippen LogP contribution in [0.15, 0.2) is 103 Å². The summed E-state index contributed by atoms with van der Waals surface area (Å²) in [6.45, 7) is 1.20. The molecule has 1 N–H and O–H groups in total. The van der Waals surface area contributed by atoms with Crippen molar-refractivity contribution < 1.29 is 27.4 Å². The fourth-order valence-corrected chi connectivity index (χ4v) is 4.77.